The predicted molar refractivity (Wildman–Crippen MR) is 76.7 cm³/mol. The SMILES string of the molecule is CCOC(=O)N[C@H](C(=O)N1CCCC12CC2=O)C(C)(C)C. The van der Waals surface area contributed by atoms with Crippen molar-refractivity contribution >= 4 is 17.8 Å². The van der Waals surface area contributed by atoms with Crippen LogP contribution < -0.4 is 5.32 Å². The van der Waals surface area contributed by atoms with Gasteiger partial charge >= 0.3 is 6.09 Å². The molecule has 0 aromatic heterocycles. The number of hydrogen-bond donors (Lipinski definition) is 1. The maximum Gasteiger partial charge on any atom is 0.407 e. The predicted octanol–water partition coefficient (Wildman–Crippen LogP) is 1.48. The van der Waals surface area contributed by atoms with Crippen molar-refractivity contribution in [2.45, 2.75) is 58.5 Å². The number of nitrogens with zero attached hydrogens (tertiary/aromatic N) is 1. The molecule has 1 N–H and O–H groups in total. The summed E-state index contributed by atoms with van der Waals surface area (Å²) in [6.45, 7) is 8.22. The van der Waals surface area contributed by atoms with Crippen LogP contribution in [0.3, 0.4) is 0 Å². The number of rotatable bonds is 3. The van der Waals surface area contributed by atoms with Gasteiger partial charge in [0, 0.05) is 13.0 Å². The van der Waals surface area contributed by atoms with Crippen molar-refractivity contribution in [2.75, 3.05) is 13.2 Å². The summed E-state index contributed by atoms with van der Waals surface area (Å²) in [5.41, 5.74) is -1.03. The van der Waals surface area contributed by atoms with Crippen LogP contribution in [0.5, 0.6) is 0 Å². The fraction of sp³-hybridized carbons (Fsp3) is 0.800. The number of carbonyl (C=O) groups excluding carboxylic acids is 3. The second-order valence-electron chi connectivity index (χ2n) is 6.89. The van der Waals surface area contributed by atoms with E-state index < -0.39 is 23.1 Å². The molecule has 21 heavy (non-hydrogen) atoms. The van der Waals surface area contributed by atoms with E-state index in [1.165, 1.54) is 0 Å². The molecule has 0 bridgehead atoms. The fourth-order valence-corrected chi connectivity index (χ4v) is 2.99. The van der Waals surface area contributed by atoms with Gasteiger partial charge in [-0.15, -0.1) is 0 Å². The number of carbonyl (C=O) groups is 3. The van der Waals surface area contributed by atoms with Crippen molar-refractivity contribution in [3.05, 3.63) is 0 Å². The van der Waals surface area contributed by atoms with Crippen LogP contribution in [0.1, 0.15) is 47.0 Å². The molecule has 2 atom stereocenters. The average molecular weight is 296 g/mol. The van der Waals surface area contributed by atoms with E-state index in [1.807, 2.05) is 20.8 Å². The summed E-state index contributed by atoms with van der Waals surface area (Å²) in [7, 11) is 0. The standard InChI is InChI=1S/C15H24N2O4/c1-5-21-13(20)16-11(14(2,3)4)12(19)17-8-6-7-15(17)9-10(15)18/h11H,5-9H2,1-4H3,(H,16,20)/t11-,15?/m1/s1. The van der Waals surface area contributed by atoms with E-state index >= 15 is 0 Å². The Hall–Kier alpha value is -1.59. The molecule has 0 radical (unpaired) electrons. The van der Waals surface area contributed by atoms with E-state index in [2.05, 4.69) is 5.32 Å². The molecule has 118 valence electrons. The van der Waals surface area contributed by atoms with Gasteiger partial charge in [-0.1, -0.05) is 20.8 Å². The largest absolute Gasteiger partial charge is 0.450 e. The van der Waals surface area contributed by atoms with Gasteiger partial charge in [0.25, 0.3) is 0 Å². The second kappa shape index (κ2) is 5.31. The smallest absolute Gasteiger partial charge is 0.407 e. The Morgan fingerprint density at radius 3 is 2.52 bits per heavy atom. The molecule has 1 unspecified atom stereocenters. The zero-order valence-electron chi connectivity index (χ0n) is 13.2. The number of hydrogen-bond acceptors (Lipinski definition) is 4. The van der Waals surface area contributed by atoms with Crippen LogP contribution in [0.2, 0.25) is 0 Å². The topological polar surface area (TPSA) is 75.7 Å². The summed E-state index contributed by atoms with van der Waals surface area (Å²) in [6, 6.07) is -0.695. The highest BCUT2D eigenvalue weighted by Gasteiger charge is 2.62. The minimum Gasteiger partial charge on any atom is -0.450 e. The van der Waals surface area contributed by atoms with Crippen molar-refractivity contribution < 1.29 is 19.1 Å². The van der Waals surface area contributed by atoms with Gasteiger partial charge in [-0.25, -0.2) is 4.79 Å². The summed E-state index contributed by atoms with van der Waals surface area (Å²) < 4.78 is 4.88. The van der Waals surface area contributed by atoms with Crippen LogP contribution in [0.15, 0.2) is 0 Å². The number of ether oxygens (including phenoxy) is 1. The third kappa shape index (κ3) is 2.89. The summed E-state index contributed by atoms with van der Waals surface area (Å²) in [4.78, 5) is 37.9. The summed E-state index contributed by atoms with van der Waals surface area (Å²) in [6.07, 6.45) is 1.44. The van der Waals surface area contributed by atoms with Gasteiger partial charge in [-0.3, -0.25) is 9.59 Å². The fourth-order valence-electron chi connectivity index (χ4n) is 2.99. The van der Waals surface area contributed by atoms with E-state index in [-0.39, 0.29) is 18.3 Å². The Balaban J connectivity index is 2.15. The molecule has 6 nitrogen and oxygen atoms in total. The molecular weight excluding hydrogens is 272 g/mol. The number of alkyl carbamates (subject to hydrolysis) is 1. The first-order valence-electron chi connectivity index (χ1n) is 7.50. The summed E-state index contributed by atoms with van der Waals surface area (Å²) in [5, 5.41) is 2.65. The van der Waals surface area contributed by atoms with Gasteiger partial charge in [0.2, 0.25) is 5.91 Å². The second-order valence-corrected chi connectivity index (χ2v) is 6.89. The lowest BCUT2D eigenvalue weighted by Crippen LogP contribution is -2.56. The molecule has 1 aliphatic carbocycles. The highest BCUT2D eigenvalue weighted by Crippen LogP contribution is 2.46. The first-order valence-corrected chi connectivity index (χ1v) is 7.50. The molecule has 2 aliphatic rings. The molecule has 2 rings (SSSR count). The Morgan fingerprint density at radius 1 is 1.43 bits per heavy atom. The first-order chi connectivity index (χ1) is 9.72. The molecule has 2 fully saturated rings. The van der Waals surface area contributed by atoms with E-state index in [4.69, 9.17) is 4.74 Å². The number of ketones is 1. The Kier molecular flexibility index (Phi) is 4.00. The van der Waals surface area contributed by atoms with Crippen LogP contribution >= 0.6 is 0 Å². The van der Waals surface area contributed by atoms with Crippen molar-refractivity contribution in [1.29, 1.82) is 0 Å². The van der Waals surface area contributed by atoms with Crippen molar-refractivity contribution in [1.82, 2.24) is 10.2 Å². The van der Waals surface area contributed by atoms with Crippen LogP contribution in [0, 0.1) is 5.41 Å². The van der Waals surface area contributed by atoms with Gasteiger partial charge in [-0.2, -0.15) is 0 Å². The van der Waals surface area contributed by atoms with Gasteiger partial charge < -0.3 is 15.0 Å². The minimum absolute atomic E-state index is 0.136. The molecule has 6 heteroatoms. The van der Waals surface area contributed by atoms with Crippen molar-refractivity contribution in [2.24, 2.45) is 5.41 Å². The summed E-state index contributed by atoms with van der Waals surface area (Å²) in [5.74, 6) is -0.0453. The summed E-state index contributed by atoms with van der Waals surface area (Å²) >= 11 is 0. The molecule has 1 aliphatic heterocycles. The molecule has 1 saturated heterocycles. The maximum absolute atomic E-state index is 12.8. The number of nitrogens with one attached hydrogen (secondary N) is 1. The van der Waals surface area contributed by atoms with E-state index in [0.29, 0.717) is 13.0 Å². The minimum atomic E-state index is -0.695. The van der Waals surface area contributed by atoms with Crippen LogP contribution in [-0.4, -0.2) is 47.4 Å². The number of likely N-dealkylation sites (tertiary alicyclic amines) is 1. The highest BCUT2D eigenvalue weighted by molar-refractivity contribution is 6.09. The van der Waals surface area contributed by atoms with Gasteiger partial charge in [-0.05, 0) is 25.2 Å². The Morgan fingerprint density at radius 2 is 2.05 bits per heavy atom. The molecule has 0 aromatic rings. The van der Waals surface area contributed by atoms with Crippen molar-refractivity contribution in [3.63, 3.8) is 0 Å². The lowest BCUT2D eigenvalue weighted by atomic mass is 9.85. The Bertz CT molecular complexity index is 469. The number of Topliss-reactive ketones (excluding diaryl/α,β-unsaturated/α-hetero) is 1. The van der Waals surface area contributed by atoms with Gasteiger partial charge in [0.05, 0.1) is 6.61 Å². The monoisotopic (exact) mass is 296 g/mol. The molecule has 0 aromatic carbocycles. The Labute approximate surface area is 125 Å². The third-order valence-electron chi connectivity index (χ3n) is 4.25. The normalized spacial score (nSPS) is 25.9. The van der Waals surface area contributed by atoms with E-state index in [9.17, 15) is 14.4 Å². The molecular formula is C15H24N2O4. The quantitative estimate of drug-likeness (QED) is 0.856. The number of amides is 2. The van der Waals surface area contributed by atoms with Gasteiger partial charge in [0.15, 0.2) is 5.78 Å². The zero-order chi connectivity index (χ0) is 15.8. The molecule has 1 heterocycles. The maximum atomic E-state index is 12.8. The van der Waals surface area contributed by atoms with Gasteiger partial charge in [0.1, 0.15) is 11.6 Å². The highest BCUT2D eigenvalue weighted by atomic mass is 16.5. The zero-order valence-corrected chi connectivity index (χ0v) is 13.2. The molecule has 2 amide bonds. The lowest BCUT2D eigenvalue weighted by molar-refractivity contribution is -0.139. The van der Waals surface area contributed by atoms with Crippen molar-refractivity contribution in [3.8, 4) is 0 Å². The third-order valence-corrected chi connectivity index (χ3v) is 4.25. The first kappa shape index (κ1) is 15.8. The average Bonchev–Trinajstić information content (AvgIpc) is 2.83. The van der Waals surface area contributed by atoms with E-state index in [0.717, 1.165) is 12.8 Å². The molecule has 1 saturated carbocycles. The lowest BCUT2D eigenvalue weighted by Gasteiger charge is -2.35. The van der Waals surface area contributed by atoms with Crippen LogP contribution in [0.4, 0.5) is 4.79 Å². The molecule has 1 spiro atoms. The van der Waals surface area contributed by atoms with Crippen LogP contribution in [0.25, 0.3) is 0 Å². The van der Waals surface area contributed by atoms with Crippen LogP contribution in [-0.2, 0) is 14.3 Å². The van der Waals surface area contributed by atoms with E-state index in [1.54, 1.807) is 11.8 Å².